The molecule has 0 aliphatic rings. The lowest BCUT2D eigenvalue weighted by atomic mass is 10.4. The van der Waals surface area contributed by atoms with E-state index in [9.17, 15) is 0 Å². The molecule has 1 aromatic rings. The summed E-state index contributed by atoms with van der Waals surface area (Å²) in [5.74, 6) is 0. The fourth-order valence-corrected chi connectivity index (χ4v) is 1.74. The molecule has 2 N–H and O–H groups in total. The third kappa shape index (κ3) is 2.79. The van der Waals surface area contributed by atoms with Crippen LogP contribution in [0.4, 0.5) is 0 Å². The van der Waals surface area contributed by atoms with Crippen LogP contribution >= 0.6 is 23.6 Å². The SMILES string of the molecule is CNC(=S)NCc1ccc(C)s1. The summed E-state index contributed by atoms with van der Waals surface area (Å²) in [7, 11) is 1.81. The Kier molecular flexibility index (Phi) is 3.49. The molecule has 1 aromatic heterocycles. The smallest absolute Gasteiger partial charge is 0.166 e. The van der Waals surface area contributed by atoms with Crippen LogP contribution < -0.4 is 10.6 Å². The van der Waals surface area contributed by atoms with Gasteiger partial charge >= 0.3 is 0 Å². The van der Waals surface area contributed by atoms with Gasteiger partial charge in [0.2, 0.25) is 0 Å². The van der Waals surface area contributed by atoms with Crippen molar-refractivity contribution in [1.29, 1.82) is 0 Å². The Bertz CT molecular complexity index is 268. The minimum Gasteiger partial charge on any atom is -0.366 e. The van der Waals surface area contributed by atoms with Crippen LogP contribution in [0.3, 0.4) is 0 Å². The molecule has 4 heteroatoms. The number of nitrogens with one attached hydrogen (secondary N) is 2. The number of hydrogen-bond acceptors (Lipinski definition) is 2. The molecule has 2 nitrogen and oxygen atoms in total. The second-order valence-electron chi connectivity index (χ2n) is 2.45. The van der Waals surface area contributed by atoms with Gasteiger partial charge in [0, 0.05) is 16.8 Å². The lowest BCUT2D eigenvalue weighted by Crippen LogP contribution is -2.31. The van der Waals surface area contributed by atoms with Crippen molar-refractivity contribution < 1.29 is 0 Å². The van der Waals surface area contributed by atoms with Crippen LogP contribution in [0.25, 0.3) is 0 Å². The summed E-state index contributed by atoms with van der Waals surface area (Å²) in [6.07, 6.45) is 0. The zero-order chi connectivity index (χ0) is 8.97. The maximum absolute atomic E-state index is 4.94. The fraction of sp³-hybridized carbons (Fsp3) is 0.375. The van der Waals surface area contributed by atoms with Crippen molar-refractivity contribution in [2.75, 3.05) is 7.05 Å². The first-order valence-electron chi connectivity index (χ1n) is 3.73. The molecule has 0 unspecified atom stereocenters. The lowest BCUT2D eigenvalue weighted by molar-refractivity contribution is 0.906. The zero-order valence-electron chi connectivity index (χ0n) is 7.18. The maximum Gasteiger partial charge on any atom is 0.166 e. The van der Waals surface area contributed by atoms with Crippen molar-refractivity contribution in [3.63, 3.8) is 0 Å². The van der Waals surface area contributed by atoms with Gasteiger partial charge in [-0.15, -0.1) is 11.3 Å². The highest BCUT2D eigenvalue weighted by atomic mass is 32.1. The molecule has 0 fully saturated rings. The number of aryl methyl sites for hydroxylation is 1. The number of hydrogen-bond donors (Lipinski definition) is 2. The van der Waals surface area contributed by atoms with Crippen LogP contribution in [0.5, 0.6) is 0 Å². The van der Waals surface area contributed by atoms with E-state index in [0.717, 1.165) is 6.54 Å². The molecule has 0 radical (unpaired) electrons. The monoisotopic (exact) mass is 200 g/mol. The summed E-state index contributed by atoms with van der Waals surface area (Å²) in [6, 6.07) is 4.23. The zero-order valence-corrected chi connectivity index (χ0v) is 8.81. The molecule has 0 aromatic carbocycles. The molecule has 12 heavy (non-hydrogen) atoms. The molecule has 0 bridgehead atoms. The van der Waals surface area contributed by atoms with Gasteiger partial charge in [-0.2, -0.15) is 0 Å². The molecular weight excluding hydrogens is 188 g/mol. The van der Waals surface area contributed by atoms with Gasteiger partial charge in [0.05, 0.1) is 6.54 Å². The van der Waals surface area contributed by atoms with Gasteiger partial charge in [-0.05, 0) is 31.3 Å². The summed E-state index contributed by atoms with van der Waals surface area (Å²) in [5.41, 5.74) is 0. The second-order valence-corrected chi connectivity index (χ2v) is 4.23. The van der Waals surface area contributed by atoms with Gasteiger partial charge in [0.25, 0.3) is 0 Å². The Labute approximate surface area is 82.0 Å². The molecule has 0 spiro atoms. The molecule has 0 atom stereocenters. The normalized spacial score (nSPS) is 9.50. The van der Waals surface area contributed by atoms with Crippen LogP contribution in [0.1, 0.15) is 9.75 Å². The minimum atomic E-state index is 0.695. The van der Waals surface area contributed by atoms with Crippen LogP contribution in [0, 0.1) is 6.92 Å². The predicted molar refractivity (Wildman–Crippen MR) is 57.6 cm³/mol. The molecule has 0 aliphatic heterocycles. The van der Waals surface area contributed by atoms with Crippen molar-refractivity contribution >= 4 is 28.7 Å². The third-order valence-corrected chi connectivity index (χ3v) is 2.80. The first kappa shape index (κ1) is 9.48. The van der Waals surface area contributed by atoms with E-state index >= 15 is 0 Å². The summed E-state index contributed by atoms with van der Waals surface area (Å²) >= 11 is 6.73. The Morgan fingerprint density at radius 1 is 1.58 bits per heavy atom. The summed E-state index contributed by atoms with van der Waals surface area (Å²) in [6.45, 7) is 2.92. The number of thiocarbonyl (C=S) groups is 1. The summed E-state index contributed by atoms with van der Waals surface area (Å²) in [4.78, 5) is 2.65. The Hall–Kier alpha value is -0.610. The van der Waals surface area contributed by atoms with Crippen molar-refractivity contribution in [3.8, 4) is 0 Å². The van der Waals surface area contributed by atoms with Gasteiger partial charge < -0.3 is 10.6 Å². The molecule has 0 amide bonds. The molecule has 1 rings (SSSR count). The molecule has 1 heterocycles. The summed E-state index contributed by atoms with van der Waals surface area (Å²) < 4.78 is 0. The van der Waals surface area contributed by atoms with Crippen molar-refractivity contribution in [1.82, 2.24) is 10.6 Å². The van der Waals surface area contributed by atoms with Crippen molar-refractivity contribution in [2.24, 2.45) is 0 Å². The van der Waals surface area contributed by atoms with Crippen LogP contribution in [-0.4, -0.2) is 12.2 Å². The van der Waals surface area contributed by atoms with Crippen molar-refractivity contribution in [2.45, 2.75) is 13.5 Å². The van der Waals surface area contributed by atoms with E-state index in [2.05, 4.69) is 29.7 Å². The highest BCUT2D eigenvalue weighted by Gasteiger charge is 1.96. The number of thiophene rings is 1. The highest BCUT2D eigenvalue weighted by molar-refractivity contribution is 7.80. The maximum atomic E-state index is 4.94. The standard InChI is InChI=1S/C8H12N2S2/c1-6-3-4-7(12-6)5-10-8(11)9-2/h3-4H,5H2,1-2H3,(H2,9,10,11). The summed E-state index contributed by atoms with van der Waals surface area (Å²) in [5, 5.41) is 6.66. The van der Waals surface area contributed by atoms with E-state index in [1.54, 1.807) is 11.3 Å². The topological polar surface area (TPSA) is 24.1 Å². The molecule has 66 valence electrons. The van der Waals surface area contributed by atoms with Gasteiger partial charge in [-0.1, -0.05) is 0 Å². The van der Waals surface area contributed by atoms with Crippen LogP contribution in [0.15, 0.2) is 12.1 Å². The minimum absolute atomic E-state index is 0.695. The third-order valence-electron chi connectivity index (χ3n) is 1.45. The van der Waals surface area contributed by atoms with Crippen LogP contribution in [-0.2, 0) is 6.54 Å². The van der Waals surface area contributed by atoms with Gasteiger partial charge in [0.1, 0.15) is 0 Å². The Balaban J connectivity index is 2.38. The molecule has 0 aliphatic carbocycles. The van der Waals surface area contributed by atoms with E-state index in [-0.39, 0.29) is 0 Å². The predicted octanol–water partition coefficient (Wildman–Crippen LogP) is 1.65. The highest BCUT2D eigenvalue weighted by Crippen LogP contribution is 2.14. The average Bonchev–Trinajstić information content (AvgIpc) is 2.47. The van der Waals surface area contributed by atoms with Gasteiger partial charge in [0.15, 0.2) is 5.11 Å². The van der Waals surface area contributed by atoms with E-state index in [4.69, 9.17) is 12.2 Å². The quantitative estimate of drug-likeness (QED) is 0.710. The van der Waals surface area contributed by atoms with Crippen LogP contribution in [0.2, 0.25) is 0 Å². The first-order chi connectivity index (χ1) is 5.72. The second kappa shape index (κ2) is 4.42. The molecule has 0 saturated carbocycles. The lowest BCUT2D eigenvalue weighted by Gasteiger charge is -2.04. The first-order valence-corrected chi connectivity index (χ1v) is 4.95. The van der Waals surface area contributed by atoms with Gasteiger partial charge in [-0.25, -0.2) is 0 Å². The Morgan fingerprint density at radius 3 is 2.83 bits per heavy atom. The average molecular weight is 200 g/mol. The Morgan fingerprint density at radius 2 is 2.33 bits per heavy atom. The largest absolute Gasteiger partial charge is 0.366 e. The van der Waals surface area contributed by atoms with E-state index in [1.807, 2.05) is 7.05 Å². The van der Waals surface area contributed by atoms with E-state index in [1.165, 1.54) is 9.75 Å². The number of rotatable bonds is 2. The van der Waals surface area contributed by atoms with E-state index in [0.29, 0.717) is 5.11 Å². The fourth-order valence-electron chi connectivity index (χ4n) is 0.836. The van der Waals surface area contributed by atoms with Crippen molar-refractivity contribution in [3.05, 3.63) is 21.9 Å². The van der Waals surface area contributed by atoms with Gasteiger partial charge in [-0.3, -0.25) is 0 Å². The molecular formula is C8H12N2S2. The molecule has 0 saturated heterocycles. The van der Waals surface area contributed by atoms with E-state index < -0.39 is 0 Å².